The quantitative estimate of drug-likeness (QED) is 0.495. The molecule has 10 nitrogen and oxygen atoms in total. The number of benzene rings is 2. The number of aryl methyl sites for hydroxylation is 1. The second kappa shape index (κ2) is 11.0. The molecule has 1 saturated carbocycles. The molecule has 0 radical (unpaired) electrons. The minimum Gasteiger partial charge on any atom is -0.493 e. The number of nitrogens with zero attached hydrogens (tertiary/aromatic N) is 2. The van der Waals surface area contributed by atoms with E-state index in [2.05, 4.69) is 0 Å². The van der Waals surface area contributed by atoms with Crippen molar-refractivity contribution in [2.24, 2.45) is 0 Å². The van der Waals surface area contributed by atoms with Gasteiger partial charge in [0.05, 0.1) is 36.8 Å². The van der Waals surface area contributed by atoms with Crippen molar-refractivity contribution >= 4 is 29.6 Å². The summed E-state index contributed by atoms with van der Waals surface area (Å²) < 4.78 is 11.6. The summed E-state index contributed by atoms with van der Waals surface area (Å²) in [6, 6.07) is 8.73. The summed E-state index contributed by atoms with van der Waals surface area (Å²) in [4.78, 5) is 65.3. The number of carboxylic acids is 1. The smallest absolute Gasteiger partial charge is 0.323 e. The van der Waals surface area contributed by atoms with Gasteiger partial charge in [0, 0.05) is 6.92 Å². The number of hydrogen-bond acceptors (Lipinski definition) is 7. The Kier molecular flexibility index (Phi) is 7.80. The molecule has 4 amide bonds. The van der Waals surface area contributed by atoms with Gasteiger partial charge in [-0.1, -0.05) is 18.2 Å². The molecule has 2 aromatic carbocycles. The van der Waals surface area contributed by atoms with E-state index in [4.69, 9.17) is 9.47 Å². The van der Waals surface area contributed by atoms with E-state index in [1.165, 1.54) is 7.11 Å². The Morgan fingerprint density at radius 3 is 2.39 bits per heavy atom. The Balaban J connectivity index is 1.77. The van der Waals surface area contributed by atoms with Crippen molar-refractivity contribution in [2.45, 2.75) is 58.1 Å². The molecule has 1 aliphatic heterocycles. The van der Waals surface area contributed by atoms with Crippen LogP contribution in [0.15, 0.2) is 36.4 Å². The van der Waals surface area contributed by atoms with Crippen LogP contribution in [0.4, 0.5) is 0 Å². The van der Waals surface area contributed by atoms with Gasteiger partial charge in [0.2, 0.25) is 11.8 Å². The summed E-state index contributed by atoms with van der Waals surface area (Å²) in [5.41, 5.74) is 1.50. The number of imide groups is 2. The number of hydrogen-bond donors (Lipinski definition) is 1. The number of carboxylic acid groups (broad SMARTS) is 1. The predicted octanol–water partition coefficient (Wildman–Crippen LogP) is 3.51. The van der Waals surface area contributed by atoms with E-state index < -0.39 is 48.6 Å². The van der Waals surface area contributed by atoms with Crippen molar-refractivity contribution in [3.8, 4) is 11.5 Å². The third-order valence-corrected chi connectivity index (χ3v) is 6.98. The summed E-state index contributed by atoms with van der Waals surface area (Å²) in [5, 5.41) is 9.21. The molecule has 0 saturated heterocycles. The molecule has 10 heteroatoms. The van der Waals surface area contributed by atoms with Crippen LogP contribution in [0.3, 0.4) is 0 Å². The van der Waals surface area contributed by atoms with Gasteiger partial charge in [0.15, 0.2) is 11.5 Å². The van der Waals surface area contributed by atoms with Crippen LogP contribution in [0.1, 0.15) is 76.9 Å². The van der Waals surface area contributed by atoms with E-state index in [0.29, 0.717) is 27.5 Å². The predicted molar refractivity (Wildman–Crippen MR) is 135 cm³/mol. The molecule has 2 aliphatic rings. The summed E-state index contributed by atoms with van der Waals surface area (Å²) in [7, 11) is 1.50. The van der Waals surface area contributed by atoms with Gasteiger partial charge < -0.3 is 14.6 Å². The summed E-state index contributed by atoms with van der Waals surface area (Å²) >= 11 is 0. The largest absolute Gasteiger partial charge is 0.493 e. The van der Waals surface area contributed by atoms with Crippen LogP contribution in [0, 0.1) is 6.92 Å². The standard InChI is InChI=1S/C28H30N2O8/c1-16-7-6-10-20-26(16)28(36)30(27(20)35)21(14-24(32)29(17(2)31)15-25(33)34)18-11-12-22(37-3)23(13-18)38-19-8-4-5-9-19/h6-7,10-13,19,21H,4-5,8-9,14-15H2,1-3H3,(H,33,34). The zero-order chi connectivity index (χ0) is 27.6. The molecule has 0 aromatic heterocycles. The van der Waals surface area contributed by atoms with E-state index in [1.807, 2.05) is 0 Å². The van der Waals surface area contributed by atoms with Crippen LogP contribution in [0.25, 0.3) is 0 Å². The summed E-state index contributed by atoms with van der Waals surface area (Å²) in [5.74, 6) is -3.22. The Morgan fingerprint density at radius 1 is 1.08 bits per heavy atom. The van der Waals surface area contributed by atoms with Crippen molar-refractivity contribution in [2.75, 3.05) is 13.7 Å². The zero-order valence-corrected chi connectivity index (χ0v) is 21.6. The maximum Gasteiger partial charge on any atom is 0.323 e. The van der Waals surface area contributed by atoms with Gasteiger partial charge in [0.1, 0.15) is 6.54 Å². The van der Waals surface area contributed by atoms with Crippen LogP contribution in [-0.4, -0.2) is 64.3 Å². The summed E-state index contributed by atoms with van der Waals surface area (Å²) in [6.07, 6.45) is 3.36. The number of carbonyl (C=O) groups excluding carboxylic acids is 4. The lowest BCUT2D eigenvalue weighted by atomic mass is 10.00. The third-order valence-electron chi connectivity index (χ3n) is 6.98. The van der Waals surface area contributed by atoms with Gasteiger partial charge in [-0.25, -0.2) is 0 Å². The van der Waals surface area contributed by atoms with E-state index in [-0.39, 0.29) is 17.2 Å². The Bertz CT molecular complexity index is 1300. The highest BCUT2D eigenvalue weighted by Gasteiger charge is 2.43. The van der Waals surface area contributed by atoms with E-state index >= 15 is 0 Å². The van der Waals surface area contributed by atoms with Crippen LogP contribution in [0.5, 0.6) is 11.5 Å². The number of rotatable bonds is 9. The monoisotopic (exact) mass is 522 g/mol. The van der Waals surface area contributed by atoms with E-state index in [9.17, 15) is 29.1 Å². The van der Waals surface area contributed by atoms with Gasteiger partial charge in [0.25, 0.3) is 11.8 Å². The second-order valence-electron chi connectivity index (χ2n) is 9.52. The Labute approximate surface area is 220 Å². The fourth-order valence-electron chi connectivity index (χ4n) is 5.08. The second-order valence-corrected chi connectivity index (χ2v) is 9.52. The number of carbonyl (C=O) groups is 5. The summed E-state index contributed by atoms with van der Waals surface area (Å²) in [6.45, 7) is 1.97. The van der Waals surface area contributed by atoms with Crippen LogP contribution in [-0.2, 0) is 14.4 Å². The Morgan fingerprint density at radius 2 is 1.79 bits per heavy atom. The maximum atomic E-state index is 13.6. The molecule has 2 aromatic rings. The number of fused-ring (bicyclic) bond motifs is 1. The van der Waals surface area contributed by atoms with Crippen LogP contribution in [0.2, 0.25) is 0 Å². The molecular weight excluding hydrogens is 492 g/mol. The molecular formula is C28H30N2O8. The van der Waals surface area contributed by atoms with Crippen molar-refractivity contribution in [1.82, 2.24) is 9.80 Å². The van der Waals surface area contributed by atoms with Gasteiger partial charge >= 0.3 is 5.97 Å². The average molecular weight is 523 g/mol. The van der Waals surface area contributed by atoms with E-state index in [0.717, 1.165) is 37.5 Å². The lowest BCUT2D eigenvalue weighted by Crippen LogP contribution is -2.42. The van der Waals surface area contributed by atoms with Gasteiger partial charge in [-0.3, -0.25) is 33.8 Å². The average Bonchev–Trinajstić information content (AvgIpc) is 3.47. The highest BCUT2D eigenvalue weighted by atomic mass is 16.5. The first-order chi connectivity index (χ1) is 18.1. The first-order valence-electron chi connectivity index (χ1n) is 12.5. The fourth-order valence-corrected chi connectivity index (χ4v) is 5.08. The molecule has 0 bridgehead atoms. The first-order valence-corrected chi connectivity index (χ1v) is 12.5. The molecule has 0 spiro atoms. The number of ether oxygens (including phenoxy) is 2. The lowest BCUT2D eigenvalue weighted by molar-refractivity contribution is -0.152. The molecule has 1 N–H and O–H groups in total. The maximum absolute atomic E-state index is 13.6. The van der Waals surface area contributed by atoms with Crippen LogP contribution < -0.4 is 9.47 Å². The first kappa shape index (κ1) is 26.8. The molecule has 200 valence electrons. The Hall–Kier alpha value is -4.21. The van der Waals surface area contributed by atoms with Crippen molar-refractivity contribution in [1.29, 1.82) is 0 Å². The minimum atomic E-state index is -1.36. The molecule has 4 rings (SSSR count). The van der Waals surface area contributed by atoms with Crippen LogP contribution >= 0.6 is 0 Å². The normalized spacial score (nSPS) is 15.8. The minimum absolute atomic E-state index is 0.00930. The highest BCUT2D eigenvalue weighted by molar-refractivity contribution is 6.22. The van der Waals surface area contributed by atoms with Crippen molar-refractivity contribution in [3.05, 3.63) is 58.7 Å². The number of amides is 4. The molecule has 1 aliphatic carbocycles. The van der Waals surface area contributed by atoms with E-state index in [1.54, 1.807) is 43.3 Å². The molecule has 1 atom stereocenters. The molecule has 1 unspecified atom stereocenters. The lowest BCUT2D eigenvalue weighted by Gasteiger charge is -2.29. The van der Waals surface area contributed by atoms with Gasteiger partial charge in [-0.15, -0.1) is 0 Å². The molecule has 1 fully saturated rings. The number of methoxy groups -OCH3 is 1. The third kappa shape index (κ3) is 5.25. The number of aliphatic carboxylic acids is 1. The molecule has 1 heterocycles. The molecule has 38 heavy (non-hydrogen) atoms. The van der Waals surface area contributed by atoms with Crippen molar-refractivity contribution < 1.29 is 38.6 Å². The topological polar surface area (TPSA) is 131 Å². The zero-order valence-electron chi connectivity index (χ0n) is 21.6. The van der Waals surface area contributed by atoms with Crippen molar-refractivity contribution in [3.63, 3.8) is 0 Å². The fraction of sp³-hybridized carbons (Fsp3) is 0.393. The van der Waals surface area contributed by atoms with Gasteiger partial charge in [-0.05, 0) is 61.9 Å². The highest BCUT2D eigenvalue weighted by Crippen LogP contribution is 2.39. The SMILES string of the molecule is COc1ccc(C(CC(=O)N(CC(=O)O)C(C)=O)N2C(=O)c3cccc(C)c3C2=O)cc1OC1CCCC1. The van der Waals surface area contributed by atoms with Gasteiger partial charge in [-0.2, -0.15) is 0 Å².